The molecule has 3 heterocycles. The van der Waals surface area contributed by atoms with E-state index in [4.69, 9.17) is 16.3 Å². The molecule has 1 saturated heterocycles. The summed E-state index contributed by atoms with van der Waals surface area (Å²) in [4.78, 5) is 34.0. The molecule has 1 saturated carbocycles. The van der Waals surface area contributed by atoms with Crippen molar-refractivity contribution in [1.29, 1.82) is 0 Å². The highest BCUT2D eigenvalue weighted by Gasteiger charge is 2.48. The molecule has 2 fully saturated rings. The number of nitrogens with zero attached hydrogens (tertiary/aromatic N) is 3. The maximum absolute atomic E-state index is 14.9. The zero-order valence-corrected chi connectivity index (χ0v) is 20.9. The van der Waals surface area contributed by atoms with Crippen LogP contribution in [0.4, 0.5) is 10.2 Å². The Balaban J connectivity index is 1.64. The summed E-state index contributed by atoms with van der Waals surface area (Å²) in [6.07, 6.45) is 3.04. The number of phenolic OH excluding ortho intramolecular Hbond substituents is 1. The van der Waals surface area contributed by atoms with Gasteiger partial charge in [0.15, 0.2) is 5.75 Å². The minimum atomic E-state index is -0.698. The number of carbonyl (C=O) groups is 2. The SMILES string of the molecule is C=CC(=O)N1CCN2C(=O)c3c(NC4(C(C)C)CC4)nc(-c4c(O)cccc4F)c(Cl)c3OC[C@H]2C1. The molecule has 8 nitrogen and oxygen atoms in total. The summed E-state index contributed by atoms with van der Waals surface area (Å²) in [5, 5.41) is 13.8. The Morgan fingerprint density at radius 1 is 1.36 bits per heavy atom. The molecular formula is C26H28ClFN4O4. The number of piperazine rings is 1. The molecule has 10 heteroatoms. The van der Waals surface area contributed by atoms with Gasteiger partial charge in [0.05, 0.1) is 11.6 Å². The molecule has 1 aliphatic carbocycles. The second kappa shape index (κ2) is 8.96. The highest BCUT2D eigenvalue weighted by molar-refractivity contribution is 6.35. The lowest BCUT2D eigenvalue weighted by Gasteiger charge is -2.39. The molecule has 0 spiro atoms. The fourth-order valence-electron chi connectivity index (χ4n) is 5.01. The fraction of sp³-hybridized carbons (Fsp3) is 0.423. The van der Waals surface area contributed by atoms with Gasteiger partial charge < -0.3 is 25.0 Å². The van der Waals surface area contributed by atoms with Gasteiger partial charge in [0, 0.05) is 25.2 Å². The van der Waals surface area contributed by atoms with Crippen molar-refractivity contribution in [2.75, 3.05) is 31.6 Å². The molecule has 0 bridgehead atoms. The molecule has 1 atom stereocenters. The van der Waals surface area contributed by atoms with Gasteiger partial charge in [-0.15, -0.1) is 0 Å². The van der Waals surface area contributed by atoms with Crippen molar-refractivity contribution in [3.8, 4) is 22.8 Å². The summed E-state index contributed by atoms with van der Waals surface area (Å²) in [6, 6.07) is 3.54. The smallest absolute Gasteiger partial charge is 0.261 e. The van der Waals surface area contributed by atoms with Crippen LogP contribution < -0.4 is 10.1 Å². The fourth-order valence-corrected chi connectivity index (χ4v) is 5.30. The Morgan fingerprint density at radius 2 is 2.11 bits per heavy atom. The third kappa shape index (κ3) is 3.95. The first-order chi connectivity index (χ1) is 17.2. The number of pyridine rings is 1. The zero-order valence-electron chi connectivity index (χ0n) is 20.2. The van der Waals surface area contributed by atoms with Crippen LogP contribution in [0.1, 0.15) is 37.0 Å². The normalized spacial score (nSPS) is 20.2. The number of carbonyl (C=O) groups excluding carboxylic acids is 2. The first kappa shape index (κ1) is 24.4. The number of phenols is 1. The van der Waals surface area contributed by atoms with Gasteiger partial charge >= 0.3 is 0 Å². The zero-order chi connectivity index (χ0) is 25.8. The van der Waals surface area contributed by atoms with Gasteiger partial charge in [-0.05, 0) is 37.0 Å². The lowest BCUT2D eigenvalue weighted by Crippen LogP contribution is -2.57. The Morgan fingerprint density at radius 3 is 2.75 bits per heavy atom. The third-order valence-corrected chi connectivity index (χ3v) is 7.80. The average Bonchev–Trinajstić information content (AvgIpc) is 3.65. The van der Waals surface area contributed by atoms with Gasteiger partial charge in [0.1, 0.15) is 40.3 Å². The molecule has 190 valence electrons. The van der Waals surface area contributed by atoms with E-state index in [0.29, 0.717) is 13.1 Å². The van der Waals surface area contributed by atoms with Crippen molar-refractivity contribution in [3.63, 3.8) is 0 Å². The highest BCUT2D eigenvalue weighted by atomic mass is 35.5. The summed E-state index contributed by atoms with van der Waals surface area (Å²) in [7, 11) is 0. The van der Waals surface area contributed by atoms with Gasteiger partial charge in [-0.25, -0.2) is 9.37 Å². The Bertz CT molecular complexity index is 1240. The molecule has 3 aliphatic rings. The van der Waals surface area contributed by atoms with Crippen LogP contribution in [0.15, 0.2) is 30.9 Å². The number of halogens is 2. The topological polar surface area (TPSA) is 95.0 Å². The first-order valence-corrected chi connectivity index (χ1v) is 12.4. The van der Waals surface area contributed by atoms with Crippen molar-refractivity contribution < 1.29 is 23.8 Å². The second-order valence-corrected chi connectivity index (χ2v) is 10.2. The number of aromatic nitrogens is 1. The van der Waals surface area contributed by atoms with Crippen molar-refractivity contribution in [2.24, 2.45) is 5.92 Å². The lowest BCUT2D eigenvalue weighted by molar-refractivity contribution is -0.128. The highest BCUT2D eigenvalue weighted by Crippen LogP contribution is 2.49. The summed E-state index contributed by atoms with van der Waals surface area (Å²) in [5.41, 5.74) is -0.255. The van der Waals surface area contributed by atoms with Crippen LogP contribution in [0, 0.1) is 11.7 Å². The number of amides is 2. The van der Waals surface area contributed by atoms with E-state index in [1.54, 1.807) is 9.80 Å². The van der Waals surface area contributed by atoms with Crippen LogP contribution in [-0.4, -0.2) is 69.5 Å². The number of anilines is 1. The Kier molecular flexibility index (Phi) is 6.06. The molecule has 0 unspecified atom stereocenters. The number of benzene rings is 1. The van der Waals surface area contributed by atoms with Crippen LogP contribution in [-0.2, 0) is 4.79 Å². The monoisotopic (exact) mass is 514 g/mol. The third-order valence-electron chi connectivity index (χ3n) is 7.45. The van der Waals surface area contributed by atoms with Crippen molar-refractivity contribution in [1.82, 2.24) is 14.8 Å². The molecule has 2 aliphatic heterocycles. The molecular weight excluding hydrogens is 487 g/mol. The maximum atomic E-state index is 14.9. The van der Waals surface area contributed by atoms with Gasteiger partial charge in [-0.3, -0.25) is 9.59 Å². The number of hydrogen-bond acceptors (Lipinski definition) is 6. The minimum absolute atomic E-state index is 0.00999. The number of ether oxygens (including phenoxy) is 1. The summed E-state index contributed by atoms with van der Waals surface area (Å²) in [5.74, 6) is -0.970. The quantitative estimate of drug-likeness (QED) is 0.584. The van der Waals surface area contributed by atoms with E-state index in [-0.39, 0.29) is 75.6 Å². The van der Waals surface area contributed by atoms with E-state index in [9.17, 15) is 19.1 Å². The van der Waals surface area contributed by atoms with Crippen molar-refractivity contribution in [2.45, 2.75) is 38.3 Å². The predicted octanol–water partition coefficient (Wildman–Crippen LogP) is 4.08. The van der Waals surface area contributed by atoms with E-state index in [0.717, 1.165) is 12.8 Å². The van der Waals surface area contributed by atoms with Crippen LogP contribution >= 0.6 is 11.6 Å². The summed E-state index contributed by atoms with van der Waals surface area (Å²) in [6.45, 7) is 8.77. The molecule has 2 N–H and O–H groups in total. The van der Waals surface area contributed by atoms with Crippen molar-refractivity contribution in [3.05, 3.63) is 47.3 Å². The van der Waals surface area contributed by atoms with Gasteiger partial charge in [-0.1, -0.05) is 38.1 Å². The summed E-state index contributed by atoms with van der Waals surface area (Å²) >= 11 is 6.72. The van der Waals surface area contributed by atoms with Gasteiger partial charge in [0.2, 0.25) is 5.91 Å². The average molecular weight is 515 g/mol. The van der Waals surface area contributed by atoms with Crippen molar-refractivity contribution >= 4 is 29.2 Å². The van der Waals surface area contributed by atoms with E-state index in [2.05, 4.69) is 30.7 Å². The molecule has 0 radical (unpaired) electrons. The predicted molar refractivity (Wildman–Crippen MR) is 134 cm³/mol. The standard InChI is InChI=1S/C26H28ClFN4O4/c1-4-18(34)31-10-11-32-15(12-31)13-36-23-20(25(32)35)24(30-26(8-9-26)14(2)3)29-22(21(23)27)19-16(28)6-5-7-17(19)33/h4-7,14-15,33H,1,8-13H2,2-3H3,(H,29,30)/t15-/m1/s1. The Labute approximate surface area is 213 Å². The number of hydrogen-bond donors (Lipinski definition) is 2. The van der Waals surface area contributed by atoms with E-state index >= 15 is 0 Å². The summed E-state index contributed by atoms with van der Waals surface area (Å²) < 4.78 is 21.0. The van der Waals surface area contributed by atoms with Crippen LogP contribution in [0.2, 0.25) is 5.02 Å². The first-order valence-electron chi connectivity index (χ1n) is 12.0. The molecule has 1 aromatic heterocycles. The minimum Gasteiger partial charge on any atom is -0.507 e. The number of nitrogens with one attached hydrogen (secondary N) is 1. The molecule has 36 heavy (non-hydrogen) atoms. The van der Waals surface area contributed by atoms with Crippen LogP contribution in [0.25, 0.3) is 11.3 Å². The number of rotatable bonds is 5. The number of fused-ring (bicyclic) bond motifs is 2. The second-order valence-electron chi connectivity index (χ2n) is 9.85. The largest absolute Gasteiger partial charge is 0.507 e. The van der Waals surface area contributed by atoms with Crippen LogP contribution in [0.3, 0.4) is 0 Å². The molecule has 1 aromatic carbocycles. The number of aromatic hydroxyl groups is 1. The lowest BCUT2D eigenvalue weighted by atomic mass is 10.0. The van der Waals surface area contributed by atoms with Gasteiger partial charge in [0.25, 0.3) is 5.91 Å². The van der Waals surface area contributed by atoms with E-state index in [1.165, 1.54) is 24.3 Å². The van der Waals surface area contributed by atoms with E-state index < -0.39 is 11.9 Å². The molecule has 2 amide bonds. The van der Waals surface area contributed by atoms with E-state index in [1.807, 2.05) is 0 Å². The Hall–Kier alpha value is -3.33. The van der Waals surface area contributed by atoms with Gasteiger partial charge in [-0.2, -0.15) is 0 Å². The molecule has 2 aromatic rings. The maximum Gasteiger partial charge on any atom is 0.261 e. The van der Waals surface area contributed by atoms with Crippen LogP contribution in [0.5, 0.6) is 11.5 Å². The molecule has 5 rings (SSSR count).